The molecule has 0 bridgehead atoms. The predicted molar refractivity (Wildman–Crippen MR) is 186 cm³/mol. The minimum Gasteiger partial charge on any atom is -0.468 e. The summed E-state index contributed by atoms with van der Waals surface area (Å²) in [5.41, 5.74) is 0.0114. The molecule has 3 heterocycles. The lowest BCUT2D eigenvalue weighted by atomic mass is 10.1. The molecule has 1 aliphatic heterocycles. The largest absolute Gasteiger partial charge is 0.468 e. The van der Waals surface area contributed by atoms with E-state index in [-0.39, 0.29) is 44.7 Å². The van der Waals surface area contributed by atoms with Crippen LogP contribution in [0.15, 0.2) is 56.0 Å². The Kier molecular flexibility index (Phi) is 14.0. The molecule has 0 atom stereocenters. The lowest BCUT2D eigenvalue weighted by Crippen LogP contribution is -2.35. The normalized spacial score (nSPS) is 13.0. The minimum atomic E-state index is -4.45. The highest BCUT2D eigenvalue weighted by Crippen LogP contribution is 2.33. The molecule has 0 saturated carbocycles. The van der Waals surface area contributed by atoms with E-state index in [9.17, 15) is 40.4 Å². The third kappa shape index (κ3) is 11.7. The van der Waals surface area contributed by atoms with Gasteiger partial charge in [-0.1, -0.05) is 29.8 Å². The fraction of sp³-hybridized carbons (Fsp3) is 0.367. The predicted octanol–water partition coefficient (Wildman–Crippen LogP) is 4.99. The van der Waals surface area contributed by atoms with Crippen molar-refractivity contribution in [1.29, 1.82) is 0 Å². The Balaban J connectivity index is 0.000000238. The summed E-state index contributed by atoms with van der Waals surface area (Å²) >= 11 is 8.17. The number of amides is 2. The second-order valence-corrected chi connectivity index (χ2v) is 14.8. The summed E-state index contributed by atoms with van der Waals surface area (Å²) in [6.07, 6.45) is -4.30. The van der Waals surface area contributed by atoms with Crippen LogP contribution in [0.25, 0.3) is 0 Å². The van der Waals surface area contributed by atoms with Crippen LogP contribution in [0, 0.1) is 12.7 Å². The van der Waals surface area contributed by atoms with Gasteiger partial charge in [0, 0.05) is 24.4 Å². The topological polar surface area (TPSA) is 189 Å². The molecule has 0 saturated heterocycles. The van der Waals surface area contributed by atoms with Crippen LogP contribution in [-0.2, 0) is 39.1 Å². The van der Waals surface area contributed by atoms with Gasteiger partial charge in [0.25, 0.3) is 10.0 Å². The van der Waals surface area contributed by atoms with Crippen molar-refractivity contribution in [2.24, 2.45) is 4.99 Å². The number of anilines is 1. The van der Waals surface area contributed by atoms with Crippen molar-refractivity contribution >= 4 is 68.4 Å². The number of sulfonamides is 1. The number of thioether (sulfide) groups is 1. The van der Waals surface area contributed by atoms with Crippen molar-refractivity contribution in [2.45, 2.75) is 61.7 Å². The molecule has 2 aromatic carbocycles. The molecule has 0 fully saturated rings. The molecule has 2 amide bonds. The van der Waals surface area contributed by atoms with E-state index in [4.69, 9.17) is 16.3 Å². The number of alkyl halides is 3. The number of esters is 1. The highest BCUT2D eigenvalue weighted by molar-refractivity contribution is 8.00. The first-order valence-corrected chi connectivity index (χ1v) is 18.9. The van der Waals surface area contributed by atoms with Gasteiger partial charge in [-0.25, -0.2) is 32.0 Å². The zero-order valence-electron chi connectivity index (χ0n) is 28.1. The summed E-state index contributed by atoms with van der Waals surface area (Å²) in [4.78, 5) is 51.4. The van der Waals surface area contributed by atoms with Crippen LogP contribution in [0.1, 0.15) is 30.7 Å². The highest BCUT2D eigenvalue weighted by Gasteiger charge is 2.29. The SMILES string of the molecule is COC(=O)CSc1cc(N=c2sc(=O)n3n2CCCC3)c(F)cc1Cl.COc1nc(C)nc(NC(=O)NS(=O)(=O)c2ccccc2CCC(F)(F)F)n1. The first-order valence-electron chi connectivity index (χ1n) is 15.3. The maximum Gasteiger partial charge on any atom is 0.389 e. The van der Waals surface area contributed by atoms with Gasteiger partial charge in [-0.05, 0) is 61.3 Å². The van der Waals surface area contributed by atoms with E-state index < -0.39 is 51.8 Å². The summed E-state index contributed by atoms with van der Waals surface area (Å²) in [7, 11) is -1.85. The Hall–Kier alpha value is -4.54. The van der Waals surface area contributed by atoms with E-state index >= 15 is 0 Å². The number of methoxy groups -OCH3 is 2. The Morgan fingerprint density at radius 1 is 1.09 bits per heavy atom. The van der Waals surface area contributed by atoms with Gasteiger partial charge in [0.05, 0.1) is 29.9 Å². The summed E-state index contributed by atoms with van der Waals surface area (Å²) in [5, 5.41) is 2.31. The molecule has 4 aromatic rings. The molecule has 1 aliphatic rings. The lowest BCUT2D eigenvalue weighted by Gasteiger charge is -2.15. The molecule has 0 unspecified atom stereocenters. The molecule has 286 valence electrons. The molecule has 0 radical (unpaired) electrons. The van der Waals surface area contributed by atoms with E-state index in [0.29, 0.717) is 22.8 Å². The van der Waals surface area contributed by atoms with Crippen LogP contribution in [0.4, 0.5) is 34.0 Å². The maximum atomic E-state index is 14.3. The standard InChI is InChI=1S/C15H15ClFN3O3S2.C15H16F3N5O4S/c1-23-13(21)8-24-12-7-11(10(17)6-9(12)16)18-14-19-4-2-3-5-20(19)15(22)25-14;1-9-19-12(22-14(20-9)27-2)21-13(24)23-28(25,26)11-6-4-3-5-10(11)7-8-15(16,17)18/h6-7H,2-5,8H2,1H3;3-6H,7-8H2,1-2H3,(H2,19,20,21,22,23,24). The first kappa shape index (κ1) is 41.2. The summed E-state index contributed by atoms with van der Waals surface area (Å²) in [6.45, 7) is 2.83. The monoisotopic (exact) mass is 822 g/mol. The third-order valence-electron chi connectivity index (χ3n) is 6.98. The molecule has 23 heteroatoms. The number of ether oxygens (including phenoxy) is 2. The van der Waals surface area contributed by atoms with Crippen molar-refractivity contribution in [2.75, 3.05) is 25.3 Å². The van der Waals surface area contributed by atoms with Gasteiger partial charge < -0.3 is 9.47 Å². The molecule has 2 aromatic heterocycles. The fourth-order valence-electron chi connectivity index (χ4n) is 4.59. The van der Waals surface area contributed by atoms with Crippen LogP contribution in [0.5, 0.6) is 6.01 Å². The van der Waals surface area contributed by atoms with Crippen molar-refractivity contribution < 1.29 is 45.0 Å². The van der Waals surface area contributed by atoms with E-state index in [2.05, 4.69) is 30.0 Å². The van der Waals surface area contributed by atoms with E-state index in [1.54, 1.807) is 14.1 Å². The van der Waals surface area contributed by atoms with Crippen molar-refractivity contribution in [3.63, 3.8) is 0 Å². The number of carbonyl (C=O) groups is 2. The number of fused-ring (bicyclic) bond motifs is 1. The summed E-state index contributed by atoms with van der Waals surface area (Å²) in [5.74, 6) is -0.974. The third-order valence-corrected chi connectivity index (χ3v) is 10.7. The second kappa shape index (κ2) is 18.0. The second-order valence-electron chi connectivity index (χ2n) is 10.8. The van der Waals surface area contributed by atoms with Crippen LogP contribution in [0.3, 0.4) is 0 Å². The summed E-state index contributed by atoms with van der Waals surface area (Å²) < 4.78 is 91.0. The Morgan fingerprint density at radius 3 is 2.47 bits per heavy atom. The molecule has 2 N–H and O–H groups in total. The zero-order chi connectivity index (χ0) is 38.9. The number of benzene rings is 2. The number of nitrogens with one attached hydrogen (secondary N) is 2. The lowest BCUT2D eigenvalue weighted by molar-refractivity contribution is -0.137. The quantitative estimate of drug-likeness (QED) is 0.125. The van der Waals surface area contributed by atoms with Gasteiger partial charge in [0.15, 0.2) is 0 Å². The van der Waals surface area contributed by atoms with Gasteiger partial charge >= 0.3 is 29.1 Å². The van der Waals surface area contributed by atoms with Crippen LogP contribution in [-0.4, -0.2) is 70.9 Å². The number of hydrogen-bond donors (Lipinski definition) is 2. The highest BCUT2D eigenvalue weighted by atomic mass is 35.5. The molecule has 0 spiro atoms. The smallest absolute Gasteiger partial charge is 0.389 e. The van der Waals surface area contributed by atoms with Gasteiger partial charge in [-0.2, -0.15) is 28.1 Å². The minimum absolute atomic E-state index is 0.0605. The van der Waals surface area contributed by atoms with E-state index in [1.165, 1.54) is 45.4 Å². The number of aromatic nitrogens is 5. The van der Waals surface area contributed by atoms with E-state index in [1.807, 2.05) is 0 Å². The number of hydrogen-bond acceptors (Lipinski definition) is 13. The Morgan fingerprint density at radius 2 is 1.79 bits per heavy atom. The van der Waals surface area contributed by atoms with Crippen molar-refractivity contribution in [1.82, 2.24) is 29.0 Å². The number of halogens is 5. The Labute approximate surface area is 312 Å². The number of rotatable bonds is 10. The maximum absolute atomic E-state index is 14.3. The first-order chi connectivity index (χ1) is 25.0. The Bertz CT molecular complexity index is 2210. The van der Waals surface area contributed by atoms with Crippen LogP contribution >= 0.6 is 34.7 Å². The molecule has 5 rings (SSSR count). The van der Waals surface area contributed by atoms with Crippen molar-refractivity contribution in [3.8, 4) is 6.01 Å². The zero-order valence-corrected chi connectivity index (χ0v) is 31.3. The average Bonchev–Trinajstić information content (AvgIpc) is 3.41. The van der Waals surface area contributed by atoms with Gasteiger partial charge in [0.1, 0.15) is 17.3 Å². The molecule has 0 aliphatic carbocycles. The van der Waals surface area contributed by atoms with E-state index in [0.717, 1.165) is 48.1 Å². The summed E-state index contributed by atoms with van der Waals surface area (Å²) in [6, 6.07) is 6.46. The molecular formula is C30H31ClF4N8O7S3. The fourth-order valence-corrected chi connectivity index (χ4v) is 7.75. The van der Waals surface area contributed by atoms with Crippen LogP contribution < -0.4 is 24.5 Å². The number of aryl methyl sites for hydroxylation is 2. The van der Waals surface area contributed by atoms with Crippen LogP contribution in [0.2, 0.25) is 5.02 Å². The molecule has 15 nitrogen and oxygen atoms in total. The number of nitrogens with zero attached hydrogens (tertiary/aromatic N) is 6. The number of urea groups is 1. The van der Waals surface area contributed by atoms with Gasteiger partial charge in [-0.3, -0.25) is 19.6 Å². The van der Waals surface area contributed by atoms with Crippen molar-refractivity contribution in [3.05, 3.63) is 73.1 Å². The molecule has 53 heavy (non-hydrogen) atoms. The molecular weight excluding hydrogens is 792 g/mol. The van der Waals surface area contributed by atoms with Gasteiger partial charge in [0.2, 0.25) is 10.7 Å². The average molecular weight is 823 g/mol. The van der Waals surface area contributed by atoms with Gasteiger partial charge in [-0.15, -0.1) is 11.8 Å². The number of carbonyl (C=O) groups excluding carboxylic acids is 2.